The lowest BCUT2D eigenvalue weighted by Crippen LogP contribution is -2.15. The zero-order valence-electron chi connectivity index (χ0n) is 17.7. The lowest BCUT2D eigenvalue weighted by Gasteiger charge is -2.09. The second-order valence-electron chi connectivity index (χ2n) is 7.35. The van der Waals surface area contributed by atoms with Crippen LogP contribution in [0.15, 0.2) is 67.3 Å². The van der Waals surface area contributed by atoms with Crippen molar-refractivity contribution in [1.82, 2.24) is 19.7 Å². The minimum absolute atomic E-state index is 0.0795. The monoisotopic (exact) mass is 431 g/mol. The number of hydrogen-bond acceptors (Lipinski definition) is 5. The number of halogens is 1. The molecule has 4 rings (SSSR count). The molecule has 4 aromatic rings. The van der Waals surface area contributed by atoms with Gasteiger partial charge in [0.1, 0.15) is 17.4 Å². The molecule has 0 bridgehead atoms. The van der Waals surface area contributed by atoms with E-state index in [1.54, 1.807) is 66.8 Å². The lowest BCUT2D eigenvalue weighted by molar-refractivity contribution is -0.115. The van der Waals surface area contributed by atoms with Crippen molar-refractivity contribution in [3.63, 3.8) is 0 Å². The molecule has 7 nitrogen and oxygen atoms in total. The number of amides is 1. The van der Waals surface area contributed by atoms with E-state index in [1.807, 2.05) is 13.2 Å². The van der Waals surface area contributed by atoms with E-state index in [2.05, 4.69) is 20.4 Å². The van der Waals surface area contributed by atoms with E-state index in [1.165, 1.54) is 6.07 Å². The normalized spacial score (nSPS) is 10.7. The summed E-state index contributed by atoms with van der Waals surface area (Å²) >= 11 is 0. The molecule has 0 unspecified atom stereocenters. The van der Waals surface area contributed by atoms with Gasteiger partial charge in [-0.2, -0.15) is 5.10 Å². The van der Waals surface area contributed by atoms with Crippen molar-refractivity contribution in [3.05, 3.63) is 90.0 Å². The van der Waals surface area contributed by atoms with Crippen LogP contribution >= 0.6 is 0 Å². The van der Waals surface area contributed by atoms with Gasteiger partial charge in [-0.3, -0.25) is 9.48 Å². The van der Waals surface area contributed by atoms with Gasteiger partial charge in [-0.1, -0.05) is 18.2 Å². The predicted octanol–water partition coefficient (Wildman–Crippen LogP) is 3.80. The van der Waals surface area contributed by atoms with Crippen LogP contribution in [0.5, 0.6) is 5.75 Å². The second-order valence-corrected chi connectivity index (χ2v) is 7.35. The molecular formula is C24H22FN5O2. The lowest BCUT2D eigenvalue weighted by atomic mass is 10.0. The van der Waals surface area contributed by atoms with Crippen LogP contribution in [0.3, 0.4) is 0 Å². The molecule has 8 heteroatoms. The third-order valence-corrected chi connectivity index (χ3v) is 4.92. The third-order valence-electron chi connectivity index (χ3n) is 4.92. The first-order valence-corrected chi connectivity index (χ1v) is 10.0. The Balaban J connectivity index is 1.41. The number of hydrogen-bond donors (Lipinski definition) is 1. The fraction of sp³-hybridized carbons (Fsp3) is 0.167. The molecule has 2 heterocycles. The van der Waals surface area contributed by atoms with Gasteiger partial charge in [-0.15, -0.1) is 0 Å². The molecule has 2 aromatic carbocycles. The summed E-state index contributed by atoms with van der Waals surface area (Å²) in [6.07, 6.45) is 7.52. The maximum absolute atomic E-state index is 14.7. The molecule has 1 amide bonds. The Kier molecular flexibility index (Phi) is 6.21. The quantitative estimate of drug-likeness (QED) is 0.481. The molecule has 162 valence electrons. The van der Waals surface area contributed by atoms with Crippen LogP contribution in [0.4, 0.5) is 10.1 Å². The number of rotatable bonds is 7. The van der Waals surface area contributed by atoms with Crippen LogP contribution in [0, 0.1) is 5.82 Å². The average molecular weight is 431 g/mol. The summed E-state index contributed by atoms with van der Waals surface area (Å²) in [4.78, 5) is 21.1. The molecule has 1 N–H and O–H groups in total. The van der Waals surface area contributed by atoms with Gasteiger partial charge in [0, 0.05) is 49.4 Å². The summed E-state index contributed by atoms with van der Waals surface area (Å²) in [5.41, 5.74) is 3.26. The largest absolute Gasteiger partial charge is 0.497 e. The molecule has 0 fully saturated rings. The van der Waals surface area contributed by atoms with Crippen molar-refractivity contribution in [2.24, 2.45) is 7.05 Å². The van der Waals surface area contributed by atoms with Gasteiger partial charge in [-0.25, -0.2) is 14.4 Å². The van der Waals surface area contributed by atoms with Gasteiger partial charge in [0.15, 0.2) is 0 Å². The third kappa shape index (κ3) is 5.15. The summed E-state index contributed by atoms with van der Waals surface area (Å²) in [5.74, 6) is 0.524. The fourth-order valence-corrected chi connectivity index (χ4v) is 3.29. The predicted molar refractivity (Wildman–Crippen MR) is 119 cm³/mol. The van der Waals surface area contributed by atoms with Crippen LogP contribution in [-0.2, 0) is 24.7 Å². The van der Waals surface area contributed by atoms with Crippen molar-refractivity contribution in [1.29, 1.82) is 0 Å². The zero-order valence-corrected chi connectivity index (χ0v) is 17.7. The number of nitrogens with zero attached hydrogens (tertiary/aromatic N) is 4. The highest BCUT2D eigenvalue weighted by Crippen LogP contribution is 2.22. The number of methoxy groups -OCH3 is 1. The first kappa shape index (κ1) is 21.2. The minimum Gasteiger partial charge on any atom is -0.497 e. The van der Waals surface area contributed by atoms with E-state index in [-0.39, 0.29) is 12.3 Å². The van der Waals surface area contributed by atoms with Gasteiger partial charge in [0.05, 0.1) is 19.7 Å². The molecule has 0 aliphatic rings. The molecule has 0 aliphatic heterocycles. The van der Waals surface area contributed by atoms with Crippen molar-refractivity contribution in [3.8, 4) is 16.9 Å². The van der Waals surface area contributed by atoms with E-state index in [9.17, 15) is 9.18 Å². The summed E-state index contributed by atoms with van der Waals surface area (Å²) in [6, 6.07) is 11.8. The van der Waals surface area contributed by atoms with Crippen molar-refractivity contribution >= 4 is 11.6 Å². The Morgan fingerprint density at radius 3 is 2.59 bits per heavy atom. The molecule has 2 aromatic heterocycles. The number of ether oxygens (including phenoxy) is 1. The topological polar surface area (TPSA) is 81.9 Å². The maximum atomic E-state index is 14.7. The molecule has 0 radical (unpaired) electrons. The molecule has 0 spiro atoms. The molecule has 0 atom stereocenters. The number of carbonyl (C=O) groups is 1. The second kappa shape index (κ2) is 9.38. The summed E-state index contributed by atoms with van der Waals surface area (Å²) < 4.78 is 21.5. The first-order valence-electron chi connectivity index (χ1n) is 10.0. The Bertz CT molecular complexity index is 1240. The molecule has 0 aliphatic carbocycles. The van der Waals surface area contributed by atoms with Crippen LogP contribution in [0.2, 0.25) is 0 Å². The van der Waals surface area contributed by atoms with Gasteiger partial charge in [-0.05, 0) is 34.9 Å². The van der Waals surface area contributed by atoms with E-state index in [4.69, 9.17) is 4.74 Å². The van der Waals surface area contributed by atoms with Crippen LogP contribution in [0.1, 0.15) is 17.0 Å². The van der Waals surface area contributed by atoms with Crippen LogP contribution < -0.4 is 10.1 Å². The van der Waals surface area contributed by atoms with Gasteiger partial charge in [0.25, 0.3) is 0 Å². The molecule has 0 saturated carbocycles. The highest BCUT2D eigenvalue weighted by atomic mass is 19.1. The number of anilines is 1. The number of aryl methyl sites for hydroxylation is 1. The zero-order chi connectivity index (χ0) is 22.5. The Hall–Kier alpha value is -4.07. The van der Waals surface area contributed by atoms with E-state index < -0.39 is 5.82 Å². The number of aromatic nitrogens is 4. The SMILES string of the molecule is COc1cccc(NC(=O)Cc2ccc(-c3cnc(Cc4cnn(C)c4)nc3)cc2F)c1. The first-order chi connectivity index (χ1) is 15.5. The van der Waals surface area contributed by atoms with E-state index >= 15 is 0 Å². The van der Waals surface area contributed by atoms with Gasteiger partial charge >= 0.3 is 0 Å². The smallest absolute Gasteiger partial charge is 0.228 e. The summed E-state index contributed by atoms with van der Waals surface area (Å²) in [6.45, 7) is 0. The molecule has 32 heavy (non-hydrogen) atoms. The Labute approximate surface area is 184 Å². The number of nitrogens with one attached hydrogen (secondary N) is 1. The summed E-state index contributed by atoms with van der Waals surface area (Å²) in [7, 11) is 3.41. The highest BCUT2D eigenvalue weighted by Gasteiger charge is 2.11. The molecule has 0 saturated heterocycles. The van der Waals surface area contributed by atoms with Gasteiger partial charge in [0.2, 0.25) is 5.91 Å². The van der Waals surface area contributed by atoms with Crippen molar-refractivity contribution in [2.75, 3.05) is 12.4 Å². The van der Waals surface area contributed by atoms with Crippen LogP contribution in [0.25, 0.3) is 11.1 Å². The molecular weight excluding hydrogens is 409 g/mol. The van der Waals surface area contributed by atoms with Crippen LogP contribution in [-0.4, -0.2) is 32.8 Å². The van der Waals surface area contributed by atoms with Crippen molar-refractivity contribution < 1.29 is 13.9 Å². The Morgan fingerprint density at radius 2 is 1.91 bits per heavy atom. The van der Waals surface area contributed by atoms with Crippen molar-refractivity contribution in [2.45, 2.75) is 12.8 Å². The average Bonchev–Trinajstić information content (AvgIpc) is 3.20. The number of benzene rings is 2. The van der Waals surface area contributed by atoms with E-state index in [0.717, 1.165) is 5.56 Å². The van der Waals surface area contributed by atoms with E-state index in [0.29, 0.717) is 40.4 Å². The fourth-order valence-electron chi connectivity index (χ4n) is 3.29. The minimum atomic E-state index is -0.456. The number of carbonyl (C=O) groups excluding carboxylic acids is 1. The van der Waals surface area contributed by atoms with Gasteiger partial charge < -0.3 is 10.1 Å². The Morgan fingerprint density at radius 1 is 1.09 bits per heavy atom. The summed E-state index contributed by atoms with van der Waals surface area (Å²) in [5, 5.41) is 6.89. The standard InChI is InChI=1S/C24H22FN5O2/c1-30-15-16(12-28-30)8-23-26-13-19(14-27-23)17-6-7-18(22(25)9-17)10-24(31)29-20-4-3-5-21(11-20)32-2/h3-7,9,11-15H,8,10H2,1-2H3,(H,29,31). The highest BCUT2D eigenvalue weighted by molar-refractivity contribution is 5.92. The maximum Gasteiger partial charge on any atom is 0.228 e.